The predicted molar refractivity (Wildman–Crippen MR) is 102 cm³/mol. The van der Waals surface area contributed by atoms with E-state index in [1.807, 2.05) is 22.6 Å². The van der Waals surface area contributed by atoms with E-state index in [-0.39, 0.29) is 46.7 Å². The zero-order chi connectivity index (χ0) is 18.2. The highest BCUT2D eigenvalue weighted by Crippen LogP contribution is 2.73. The number of nitrogens with zero attached hydrogens (tertiary/aromatic N) is 2. The van der Waals surface area contributed by atoms with Gasteiger partial charge in [0.1, 0.15) is 0 Å². The lowest BCUT2D eigenvalue weighted by molar-refractivity contribution is -0.141. The highest BCUT2D eigenvalue weighted by molar-refractivity contribution is 14.1. The van der Waals surface area contributed by atoms with Gasteiger partial charge >= 0.3 is 0 Å². The second kappa shape index (κ2) is 5.31. The van der Waals surface area contributed by atoms with Crippen LogP contribution in [0.5, 0.6) is 11.5 Å². The molecule has 4 aliphatic rings. The number of hydrogen-bond acceptors (Lipinski definition) is 5. The molecule has 2 amide bonds. The summed E-state index contributed by atoms with van der Waals surface area (Å²) in [6.45, 7) is 0. The van der Waals surface area contributed by atoms with Gasteiger partial charge in [-0.25, -0.2) is 0 Å². The number of hydrogen-bond donors (Lipinski definition) is 1. The molecule has 2 bridgehead atoms. The molecule has 26 heavy (non-hydrogen) atoms. The Balaban J connectivity index is 1.43. The summed E-state index contributed by atoms with van der Waals surface area (Å²) in [5.41, 5.74) is 0.846. The smallest absolute Gasteiger partial charge is 0.254 e. The Kier molecular flexibility index (Phi) is 3.33. The number of phenols is 1. The van der Waals surface area contributed by atoms with Gasteiger partial charge in [0.05, 0.1) is 28.7 Å². The van der Waals surface area contributed by atoms with E-state index in [9.17, 15) is 14.7 Å². The van der Waals surface area contributed by atoms with Crippen molar-refractivity contribution in [2.45, 2.75) is 12.8 Å². The molecule has 4 unspecified atom stereocenters. The molecule has 2 saturated carbocycles. The maximum atomic E-state index is 12.9. The fraction of sp³-hybridized carbons (Fsp3) is 0.421. The third kappa shape index (κ3) is 1.95. The van der Waals surface area contributed by atoms with E-state index in [4.69, 9.17) is 4.74 Å². The van der Waals surface area contributed by atoms with E-state index in [0.29, 0.717) is 14.9 Å². The molecule has 3 fully saturated rings. The first-order valence-electron chi connectivity index (χ1n) is 8.64. The fourth-order valence-corrected chi connectivity index (χ4v) is 5.75. The standard InChI is InChI=1S/C19H17IN2O4/c1-26-13-7-9(6-12(20)16(13)23)8-21-22-17(24)14-10-2-3-11(15(14)18(22)25)19(10)4-5-19/h2-3,6-8,10-11,14-15,23H,4-5H2,1H3/b21-8+. The first kappa shape index (κ1) is 16.3. The average Bonchev–Trinajstić information content (AvgIpc) is 3.23. The Morgan fingerprint density at radius 3 is 2.38 bits per heavy atom. The summed E-state index contributed by atoms with van der Waals surface area (Å²) in [6, 6.07) is 3.34. The zero-order valence-corrected chi connectivity index (χ0v) is 16.2. The molecule has 4 atom stereocenters. The molecule has 1 saturated heterocycles. The van der Waals surface area contributed by atoms with Crippen LogP contribution in [0.1, 0.15) is 18.4 Å². The first-order chi connectivity index (χ1) is 12.5. The van der Waals surface area contributed by atoms with Crippen molar-refractivity contribution >= 4 is 40.6 Å². The lowest BCUT2D eigenvalue weighted by atomic mass is 9.85. The molecule has 0 aromatic heterocycles. The van der Waals surface area contributed by atoms with Crippen LogP contribution in [0.25, 0.3) is 0 Å². The molecule has 134 valence electrons. The number of imide groups is 1. The number of halogens is 1. The van der Waals surface area contributed by atoms with Crippen LogP contribution in [0.2, 0.25) is 0 Å². The second-order valence-corrected chi connectivity index (χ2v) is 8.67. The second-order valence-electron chi connectivity index (χ2n) is 7.51. The van der Waals surface area contributed by atoms with Crippen molar-refractivity contribution < 1.29 is 19.4 Å². The number of carbonyl (C=O) groups is 2. The number of phenolic OH excluding ortho intramolecular Hbond substituents is 1. The quantitative estimate of drug-likeness (QED) is 0.323. The van der Waals surface area contributed by atoms with Gasteiger partial charge in [-0.2, -0.15) is 10.1 Å². The molecule has 1 heterocycles. The Hall–Kier alpha value is -1.90. The molecule has 0 radical (unpaired) electrons. The van der Waals surface area contributed by atoms with Gasteiger partial charge < -0.3 is 9.84 Å². The van der Waals surface area contributed by atoms with Crippen LogP contribution in [0, 0.1) is 32.7 Å². The lowest BCUT2D eigenvalue weighted by Gasteiger charge is -2.18. The molecule has 1 aliphatic heterocycles. The van der Waals surface area contributed by atoms with Crippen molar-refractivity contribution in [1.82, 2.24) is 5.01 Å². The van der Waals surface area contributed by atoms with Gasteiger partial charge in [-0.15, -0.1) is 0 Å². The van der Waals surface area contributed by atoms with E-state index < -0.39 is 0 Å². The van der Waals surface area contributed by atoms with Crippen molar-refractivity contribution in [3.05, 3.63) is 33.4 Å². The third-order valence-corrected chi connectivity index (χ3v) is 7.24. The van der Waals surface area contributed by atoms with Crippen molar-refractivity contribution in [3.63, 3.8) is 0 Å². The summed E-state index contributed by atoms with van der Waals surface area (Å²) < 4.78 is 5.74. The third-order valence-electron chi connectivity index (χ3n) is 6.42. The number of rotatable bonds is 3. The highest BCUT2D eigenvalue weighted by atomic mass is 127. The van der Waals surface area contributed by atoms with Crippen LogP contribution in [0.15, 0.2) is 29.4 Å². The van der Waals surface area contributed by atoms with Gasteiger partial charge in [0.15, 0.2) is 11.5 Å². The van der Waals surface area contributed by atoms with Gasteiger partial charge in [0.25, 0.3) is 11.8 Å². The molecule has 1 aromatic rings. The first-order valence-corrected chi connectivity index (χ1v) is 9.72. The van der Waals surface area contributed by atoms with E-state index in [0.717, 1.165) is 17.9 Å². The Morgan fingerprint density at radius 1 is 1.23 bits per heavy atom. The molecule has 1 aromatic carbocycles. The molecule has 5 rings (SSSR count). The van der Waals surface area contributed by atoms with E-state index >= 15 is 0 Å². The van der Waals surface area contributed by atoms with Gasteiger partial charge in [0.2, 0.25) is 0 Å². The van der Waals surface area contributed by atoms with Crippen LogP contribution < -0.4 is 4.74 Å². The van der Waals surface area contributed by atoms with Crippen LogP contribution in [-0.4, -0.2) is 35.3 Å². The lowest BCUT2D eigenvalue weighted by Crippen LogP contribution is -2.30. The van der Waals surface area contributed by atoms with E-state index in [2.05, 4.69) is 17.3 Å². The van der Waals surface area contributed by atoms with Crippen molar-refractivity contribution in [2.75, 3.05) is 7.11 Å². The minimum atomic E-state index is -0.244. The summed E-state index contributed by atoms with van der Waals surface area (Å²) in [4.78, 5) is 25.7. The topological polar surface area (TPSA) is 79.2 Å². The van der Waals surface area contributed by atoms with Gasteiger partial charge in [-0.3, -0.25) is 9.59 Å². The van der Waals surface area contributed by atoms with Crippen molar-refractivity contribution in [2.24, 2.45) is 34.2 Å². The number of aromatic hydroxyl groups is 1. The molecule has 6 nitrogen and oxygen atoms in total. The summed E-state index contributed by atoms with van der Waals surface area (Å²) >= 11 is 1.99. The number of fused-ring (bicyclic) bond motifs is 3. The summed E-state index contributed by atoms with van der Waals surface area (Å²) in [5, 5.41) is 15.1. The van der Waals surface area contributed by atoms with Crippen molar-refractivity contribution in [1.29, 1.82) is 0 Å². The highest BCUT2D eigenvalue weighted by Gasteiger charge is 2.73. The number of methoxy groups -OCH3 is 1. The molecular weight excluding hydrogens is 447 g/mol. The van der Waals surface area contributed by atoms with Gasteiger partial charge in [-0.05, 0) is 70.4 Å². The van der Waals surface area contributed by atoms with Gasteiger partial charge in [0, 0.05) is 0 Å². The monoisotopic (exact) mass is 464 g/mol. The average molecular weight is 464 g/mol. The molecular formula is C19H17IN2O4. The van der Waals surface area contributed by atoms with Crippen LogP contribution in [0.3, 0.4) is 0 Å². The molecule has 3 aliphatic carbocycles. The number of amides is 2. The summed E-state index contributed by atoms with van der Waals surface area (Å²) in [7, 11) is 1.47. The number of hydrazone groups is 1. The molecule has 1 spiro atoms. The predicted octanol–water partition coefficient (Wildman–Crippen LogP) is 2.54. The summed E-state index contributed by atoms with van der Waals surface area (Å²) in [6.07, 6.45) is 8.01. The zero-order valence-electron chi connectivity index (χ0n) is 14.1. The number of ether oxygens (including phenoxy) is 1. The van der Waals surface area contributed by atoms with E-state index in [1.54, 1.807) is 12.1 Å². The minimum Gasteiger partial charge on any atom is -0.504 e. The van der Waals surface area contributed by atoms with Crippen LogP contribution in [0.4, 0.5) is 0 Å². The Morgan fingerprint density at radius 2 is 1.85 bits per heavy atom. The van der Waals surface area contributed by atoms with E-state index in [1.165, 1.54) is 13.3 Å². The van der Waals surface area contributed by atoms with Crippen molar-refractivity contribution in [3.8, 4) is 11.5 Å². The summed E-state index contributed by atoms with van der Waals surface area (Å²) in [5.74, 6) is -0.0663. The minimum absolute atomic E-state index is 0.0606. The number of carbonyl (C=O) groups excluding carboxylic acids is 2. The Labute approximate surface area is 164 Å². The Bertz CT molecular complexity index is 871. The normalized spacial score (nSPS) is 32.9. The van der Waals surface area contributed by atoms with Gasteiger partial charge in [-0.1, -0.05) is 12.2 Å². The molecule has 7 heteroatoms. The maximum absolute atomic E-state index is 12.9. The SMILES string of the molecule is COc1cc(/C=N/N2C(=O)C3C(C2=O)C2C=CC3C23CC3)cc(I)c1O. The van der Waals surface area contributed by atoms with Crippen LogP contribution >= 0.6 is 22.6 Å². The van der Waals surface area contributed by atoms with Crippen LogP contribution in [-0.2, 0) is 9.59 Å². The molecule has 1 N–H and O–H groups in total. The maximum Gasteiger partial charge on any atom is 0.254 e. The largest absolute Gasteiger partial charge is 0.504 e. The fourth-order valence-electron chi connectivity index (χ4n) is 5.12. The number of benzene rings is 1. The number of allylic oxidation sites excluding steroid dienone is 2.